The SMILES string of the molecule is NNC(=O)CCN1CC(=O)N2CCCCC2C1=O. The lowest BCUT2D eigenvalue weighted by Gasteiger charge is -2.42. The number of carbonyl (C=O) groups is 3. The van der Waals surface area contributed by atoms with Crippen molar-refractivity contribution >= 4 is 17.7 Å². The predicted octanol–water partition coefficient (Wildman–Crippen LogP) is -1.41. The molecular formula is C11H18N4O3. The lowest BCUT2D eigenvalue weighted by molar-refractivity contribution is -0.158. The van der Waals surface area contributed by atoms with Crippen LogP contribution in [0.4, 0.5) is 0 Å². The second-order valence-corrected chi connectivity index (χ2v) is 4.68. The highest BCUT2D eigenvalue weighted by Gasteiger charge is 2.40. The molecule has 0 saturated carbocycles. The Hall–Kier alpha value is -1.63. The number of amides is 3. The van der Waals surface area contributed by atoms with Crippen LogP contribution >= 0.6 is 0 Å². The van der Waals surface area contributed by atoms with E-state index in [4.69, 9.17) is 5.84 Å². The highest BCUT2D eigenvalue weighted by Crippen LogP contribution is 2.23. The molecule has 2 saturated heterocycles. The van der Waals surface area contributed by atoms with Crippen molar-refractivity contribution in [2.45, 2.75) is 31.7 Å². The van der Waals surface area contributed by atoms with Crippen molar-refractivity contribution < 1.29 is 14.4 Å². The molecule has 2 aliphatic heterocycles. The van der Waals surface area contributed by atoms with Crippen LogP contribution in [-0.4, -0.2) is 53.2 Å². The van der Waals surface area contributed by atoms with Gasteiger partial charge < -0.3 is 9.80 Å². The van der Waals surface area contributed by atoms with E-state index in [0.29, 0.717) is 6.54 Å². The molecule has 0 aliphatic carbocycles. The molecule has 1 atom stereocenters. The van der Waals surface area contributed by atoms with E-state index in [1.54, 1.807) is 4.90 Å². The van der Waals surface area contributed by atoms with Gasteiger partial charge in [0.1, 0.15) is 6.04 Å². The molecule has 0 bridgehead atoms. The second-order valence-electron chi connectivity index (χ2n) is 4.68. The third-order valence-corrected chi connectivity index (χ3v) is 3.52. The Morgan fingerprint density at radius 1 is 1.39 bits per heavy atom. The molecule has 2 fully saturated rings. The van der Waals surface area contributed by atoms with Crippen LogP contribution in [0.25, 0.3) is 0 Å². The minimum atomic E-state index is -0.332. The predicted molar refractivity (Wildman–Crippen MR) is 62.9 cm³/mol. The highest BCUT2D eigenvalue weighted by atomic mass is 16.2. The molecule has 7 heteroatoms. The van der Waals surface area contributed by atoms with Crippen LogP contribution in [0.3, 0.4) is 0 Å². The van der Waals surface area contributed by atoms with Gasteiger partial charge in [-0.15, -0.1) is 0 Å². The third kappa shape index (κ3) is 2.45. The number of carbonyl (C=O) groups excluding carboxylic acids is 3. The fourth-order valence-electron chi connectivity index (χ4n) is 2.53. The number of hydrazine groups is 1. The first-order valence-electron chi connectivity index (χ1n) is 6.21. The number of rotatable bonds is 3. The summed E-state index contributed by atoms with van der Waals surface area (Å²) in [6, 6.07) is -0.319. The van der Waals surface area contributed by atoms with Crippen LogP contribution in [0.1, 0.15) is 25.7 Å². The number of hydrogen-bond donors (Lipinski definition) is 2. The molecule has 3 amide bonds. The molecular weight excluding hydrogens is 236 g/mol. The Morgan fingerprint density at radius 3 is 2.89 bits per heavy atom. The largest absolute Gasteiger partial charge is 0.331 e. The lowest BCUT2D eigenvalue weighted by Crippen LogP contribution is -2.61. The van der Waals surface area contributed by atoms with Crippen LogP contribution < -0.4 is 11.3 Å². The molecule has 3 N–H and O–H groups in total. The Balaban J connectivity index is 1.98. The lowest BCUT2D eigenvalue weighted by atomic mass is 9.98. The number of hydrogen-bond acceptors (Lipinski definition) is 4. The minimum absolute atomic E-state index is 0.0209. The number of nitrogens with one attached hydrogen (secondary N) is 1. The molecule has 7 nitrogen and oxygen atoms in total. The molecule has 0 spiro atoms. The summed E-state index contributed by atoms with van der Waals surface area (Å²) in [6.45, 7) is 0.998. The van der Waals surface area contributed by atoms with Gasteiger partial charge in [0.25, 0.3) is 0 Å². The van der Waals surface area contributed by atoms with Crippen LogP contribution in [0.5, 0.6) is 0 Å². The van der Waals surface area contributed by atoms with E-state index in [2.05, 4.69) is 0 Å². The van der Waals surface area contributed by atoms with E-state index in [1.807, 2.05) is 5.43 Å². The van der Waals surface area contributed by atoms with Crippen molar-refractivity contribution in [3.05, 3.63) is 0 Å². The number of fused-ring (bicyclic) bond motifs is 1. The number of piperazine rings is 1. The van der Waals surface area contributed by atoms with Crippen LogP contribution in [-0.2, 0) is 14.4 Å². The Bertz CT molecular complexity index is 371. The van der Waals surface area contributed by atoms with Gasteiger partial charge in [-0.1, -0.05) is 0 Å². The molecule has 2 aliphatic rings. The maximum atomic E-state index is 12.2. The molecule has 18 heavy (non-hydrogen) atoms. The number of nitrogens with zero attached hydrogens (tertiary/aromatic N) is 2. The monoisotopic (exact) mass is 254 g/mol. The van der Waals surface area contributed by atoms with Crippen LogP contribution in [0, 0.1) is 0 Å². The van der Waals surface area contributed by atoms with Crippen molar-refractivity contribution in [3.8, 4) is 0 Å². The fraction of sp³-hybridized carbons (Fsp3) is 0.727. The smallest absolute Gasteiger partial charge is 0.245 e. The first-order chi connectivity index (χ1) is 8.63. The summed E-state index contributed by atoms with van der Waals surface area (Å²) >= 11 is 0. The first-order valence-corrected chi connectivity index (χ1v) is 6.21. The molecule has 0 aromatic rings. The van der Waals surface area contributed by atoms with Gasteiger partial charge in [0, 0.05) is 19.5 Å². The third-order valence-electron chi connectivity index (χ3n) is 3.52. The van der Waals surface area contributed by atoms with Crippen molar-refractivity contribution in [3.63, 3.8) is 0 Å². The summed E-state index contributed by atoms with van der Waals surface area (Å²) in [5.41, 5.74) is 2.01. The van der Waals surface area contributed by atoms with Gasteiger partial charge in [0.05, 0.1) is 6.54 Å². The molecule has 0 radical (unpaired) electrons. The quantitative estimate of drug-likeness (QED) is 0.367. The molecule has 0 aromatic heterocycles. The fourth-order valence-corrected chi connectivity index (χ4v) is 2.53. The van der Waals surface area contributed by atoms with E-state index in [0.717, 1.165) is 19.3 Å². The van der Waals surface area contributed by atoms with Crippen LogP contribution in [0.15, 0.2) is 0 Å². The molecule has 2 rings (SSSR count). The maximum Gasteiger partial charge on any atom is 0.245 e. The van der Waals surface area contributed by atoms with Gasteiger partial charge in [-0.25, -0.2) is 5.84 Å². The molecule has 2 heterocycles. The zero-order valence-corrected chi connectivity index (χ0v) is 10.2. The number of nitrogens with two attached hydrogens (primary N) is 1. The minimum Gasteiger partial charge on any atom is -0.331 e. The van der Waals surface area contributed by atoms with Crippen molar-refractivity contribution in [2.75, 3.05) is 19.6 Å². The van der Waals surface area contributed by atoms with E-state index in [9.17, 15) is 14.4 Å². The summed E-state index contributed by atoms with van der Waals surface area (Å²) in [4.78, 5) is 38.3. The van der Waals surface area contributed by atoms with Gasteiger partial charge in [-0.3, -0.25) is 19.8 Å². The Morgan fingerprint density at radius 2 is 2.17 bits per heavy atom. The maximum absolute atomic E-state index is 12.2. The average molecular weight is 254 g/mol. The first kappa shape index (κ1) is 12.8. The van der Waals surface area contributed by atoms with E-state index >= 15 is 0 Å². The van der Waals surface area contributed by atoms with E-state index in [-0.39, 0.29) is 43.3 Å². The second kappa shape index (κ2) is 5.34. The topological polar surface area (TPSA) is 95.7 Å². The van der Waals surface area contributed by atoms with Crippen LogP contribution in [0.2, 0.25) is 0 Å². The highest BCUT2D eigenvalue weighted by molar-refractivity contribution is 5.95. The summed E-state index contributed by atoms with van der Waals surface area (Å²) in [6.07, 6.45) is 2.79. The van der Waals surface area contributed by atoms with Gasteiger partial charge in [0.2, 0.25) is 17.7 Å². The van der Waals surface area contributed by atoms with Gasteiger partial charge in [-0.2, -0.15) is 0 Å². The normalized spacial score (nSPS) is 23.9. The standard InChI is InChI=1S/C11H18N4O3/c12-13-9(16)4-6-14-7-10(17)15-5-2-1-3-8(15)11(14)18/h8H,1-7,12H2,(H,13,16). The van der Waals surface area contributed by atoms with Gasteiger partial charge in [-0.05, 0) is 19.3 Å². The molecule has 0 aromatic carbocycles. The molecule has 1 unspecified atom stereocenters. The Kier molecular flexibility index (Phi) is 3.81. The molecule has 100 valence electrons. The summed E-state index contributed by atoms with van der Waals surface area (Å²) < 4.78 is 0. The Labute approximate surface area is 105 Å². The van der Waals surface area contributed by atoms with E-state index in [1.165, 1.54) is 4.90 Å². The summed E-state index contributed by atoms with van der Waals surface area (Å²) in [5.74, 6) is 4.58. The zero-order valence-electron chi connectivity index (χ0n) is 10.2. The average Bonchev–Trinajstić information content (AvgIpc) is 2.41. The number of piperidine rings is 1. The van der Waals surface area contributed by atoms with Crippen molar-refractivity contribution in [2.24, 2.45) is 5.84 Å². The van der Waals surface area contributed by atoms with Crippen molar-refractivity contribution in [1.82, 2.24) is 15.2 Å². The zero-order chi connectivity index (χ0) is 13.1. The summed E-state index contributed by atoms with van der Waals surface area (Å²) in [5, 5.41) is 0. The summed E-state index contributed by atoms with van der Waals surface area (Å²) in [7, 11) is 0. The van der Waals surface area contributed by atoms with E-state index < -0.39 is 0 Å². The van der Waals surface area contributed by atoms with Gasteiger partial charge >= 0.3 is 0 Å². The van der Waals surface area contributed by atoms with Gasteiger partial charge in [0.15, 0.2) is 0 Å². The van der Waals surface area contributed by atoms with Crippen molar-refractivity contribution in [1.29, 1.82) is 0 Å².